The van der Waals surface area contributed by atoms with Crippen LogP contribution in [0.4, 0.5) is 0 Å². The van der Waals surface area contributed by atoms with E-state index in [1.54, 1.807) is 12.1 Å². The molecule has 0 aliphatic heterocycles. The molecule has 0 aliphatic rings. The van der Waals surface area contributed by atoms with Crippen molar-refractivity contribution in [1.29, 1.82) is 0 Å². The Balaban J connectivity index is 3.04. The minimum atomic E-state index is -0.248. The molecule has 6 heteroatoms. The molecule has 1 rings (SSSR count). The Bertz CT molecular complexity index is 465. The molecule has 0 aliphatic carbocycles. The first-order valence-corrected chi connectivity index (χ1v) is 7.19. The SMILES string of the molecule is CCC(CCO)NC(=O)c1cc(OC)cc(Br)c1OC. The number of ether oxygens (including phenoxy) is 2. The Kier molecular flexibility index (Phi) is 6.81. The second-order valence-corrected chi connectivity index (χ2v) is 5.14. The Morgan fingerprint density at radius 1 is 1.40 bits per heavy atom. The van der Waals surface area contributed by atoms with Gasteiger partial charge in [-0.25, -0.2) is 0 Å². The standard InChI is InChI=1S/C14H20BrNO4/c1-4-9(5-6-17)16-14(18)11-7-10(19-2)8-12(15)13(11)20-3/h7-9,17H,4-6H2,1-3H3,(H,16,18). The van der Waals surface area contributed by atoms with Crippen molar-refractivity contribution in [2.75, 3.05) is 20.8 Å². The lowest BCUT2D eigenvalue weighted by Crippen LogP contribution is -2.35. The van der Waals surface area contributed by atoms with E-state index >= 15 is 0 Å². The number of carbonyl (C=O) groups is 1. The van der Waals surface area contributed by atoms with E-state index in [1.165, 1.54) is 14.2 Å². The number of halogens is 1. The highest BCUT2D eigenvalue weighted by Gasteiger charge is 2.19. The highest BCUT2D eigenvalue weighted by atomic mass is 79.9. The first-order chi connectivity index (χ1) is 9.57. The zero-order valence-corrected chi connectivity index (χ0v) is 13.5. The fourth-order valence-corrected chi connectivity index (χ4v) is 2.46. The third-order valence-electron chi connectivity index (χ3n) is 3.01. The topological polar surface area (TPSA) is 67.8 Å². The molecule has 1 aromatic rings. The summed E-state index contributed by atoms with van der Waals surface area (Å²) in [5, 5.41) is 11.9. The van der Waals surface area contributed by atoms with Gasteiger partial charge in [-0.2, -0.15) is 0 Å². The van der Waals surface area contributed by atoms with Crippen LogP contribution < -0.4 is 14.8 Å². The fourth-order valence-electron chi connectivity index (χ4n) is 1.86. The van der Waals surface area contributed by atoms with E-state index in [2.05, 4.69) is 21.2 Å². The molecule has 20 heavy (non-hydrogen) atoms. The summed E-state index contributed by atoms with van der Waals surface area (Å²) in [6, 6.07) is 3.30. The molecule has 0 radical (unpaired) electrons. The van der Waals surface area contributed by atoms with E-state index in [0.717, 1.165) is 6.42 Å². The van der Waals surface area contributed by atoms with Crippen molar-refractivity contribution in [3.05, 3.63) is 22.2 Å². The molecule has 0 saturated carbocycles. The summed E-state index contributed by atoms with van der Waals surface area (Å²) in [6.07, 6.45) is 1.27. The van der Waals surface area contributed by atoms with Crippen LogP contribution in [0.5, 0.6) is 11.5 Å². The summed E-state index contributed by atoms with van der Waals surface area (Å²) in [7, 11) is 3.05. The number of rotatable bonds is 7. The van der Waals surface area contributed by atoms with E-state index in [4.69, 9.17) is 14.6 Å². The molecule has 0 saturated heterocycles. The number of hydrogen-bond acceptors (Lipinski definition) is 4. The Hall–Kier alpha value is -1.27. The summed E-state index contributed by atoms with van der Waals surface area (Å²) in [4.78, 5) is 12.3. The van der Waals surface area contributed by atoms with E-state index in [1.807, 2.05) is 6.92 Å². The van der Waals surface area contributed by atoms with Crippen LogP contribution in [0.3, 0.4) is 0 Å². The van der Waals surface area contributed by atoms with Gasteiger partial charge >= 0.3 is 0 Å². The Morgan fingerprint density at radius 2 is 2.10 bits per heavy atom. The smallest absolute Gasteiger partial charge is 0.255 e. The van der Waals surface area contributed by atoms with Gasteiger partial charge < -0.3 is 19.9 Å². The van der Waals surface area contributed by atoms with Gasteiger partial charge in [0.2, 0.25) is 0 Å². The average molecular weight is 346 g/mol. The third-order valence-corrected chi connectivity index (χ3v) is 3.60. The molecule has 0 heterocycles. The second-order valence-electron chi connectivity index (χ2n) is 4.28. The molecule has 1 unspecified atom stereocenters. The molecule has 1 atom stereocenters. The predicted molar refractivity (Wildman–Crippen MR) is 80.5 cm³/mol. The number of amides is 1. The molecular formula is C14H20BrNO4. The van der Waals surface area contributed by atoms with Gasteiger partial charge in [-0.3, -0.25) is 4.79 Å². The van der Waals surface area contributed by atoms with E-state index < -0.39 is 0 Å². The van der Waals surface area contributed by atoms with Crippen molar-refractivity contribution < 1.29 is 19.4 Å². The molecule has 0 aromatic heterocycles. The normalized spacial score (nSPS) is 11.8. The van der Waals surface area contributed by atoms with E-state index in [9.17, 15) is 4.79 Å². The van der Waals surface area contributed by atoms with Gasteiger partial charge in [0.1, 0.15) is 11.5 Å². The number of carbonyl (C=O) groups excluding carboxylic acids is 1. The van der Waals surface area contributed by atoms with Crippen LogP contribution in [0.25, 0.3) is 0 Å². The zero-order valence-electron chi connectivity index (χ0n) is 11.9. The lowest BCUT2D eigenvalue weighted by atomic mass is 10.1. The van der Waals surface area contributed by atoms with E-state index in [-0.39, 0.29) is 18.6 Å². The van der Waals surface area contributed by atoms with Crippen molar-refractivity contribution in [3.8, 4) is 11.5 Å². The molecule has 5 nitrogen and oxygen atoms in total. The van der Waals surface area contributed by atoms with Crippen LogP contribution in [-0.2, 0) is 0 Å². The highest BCUT2D eigenvalue weighted by molar-refractivity contribution is 9.10. The van der Waals surface area contributed by atoms with Crippen LogP contribution in [0.2, 0.25) is 0 Å². The Morgan fingerprint density at radius 3 is 2.60 bits per heavy atom. The maximum Gasteiger partial charge on any atom is 0.255 e. The van der Waals surface area contributed by atoms with Crippen LogP contribution in [0.15, 0.2) is 16.6 Å². The Labute approximate surface area is 127 Å². The molecule has 0 spiro atoms. The molecular weight excluding hydrogens is 326 g/mol. The van der Waals surface area contributed by atoms with Crippen LogP contribution >= 0.6 is 15.9 Å². The fraction of sp³-hybridized carbons (Fsp3) is 0.500. The summed E-state index contributed by atoms with van der Waals surface area (Å²) in [6.45, 7) is 2.00. The number of benzene rings is 1. The number of methoxy groups -OCH3 is 2. The van der Waals surface area contributed by atoms with Gasteiger partial charge in [0.05, 0.1) is 24.3 Å². The molecule has 2 N–H and O–H groups in total. The quantitative estimate of drug-likeness (QED) is 0.795. The summed E-state index contributed by atoms with van der Waals surface area (Å²) >= 11 is 3.36. The first kappa shape index (κ1) is 16.8. The van der Waals surface area contributed by atoms with Crippen LogP contribution in [0.1, 0.15) is 30.1 Å². The maximum absolute atomic E-state index is 12.3. The molecule has 0 bridgehead atoms. The largest absolute Gasteiger partial charge is 0.497 e. The summed E-state index contributed by atoms with van der Waals surface area (Å²) < 4.78 is 11.1. The molecule has 0 fully saturated rings. The van der Waals surface area contributed by atoms with Crippen molar-refractivity contribution in [3.63, 3.8) is 0 Å². The van der Waals surface area contributed by atoms with E-state index in [0.29, 0.717) is 28.0 Å². The van der Waals surface area contributed by atoms with Gasteiger partial charge in [0.15, 0.2) is 0 Å². The highest BCUT2D eigenvalue weighted by Crippen LogP contribution is 2.33. The minimum absolute atomic E-state index is 0.0394. The molecule has 112 valence electrons. The monoisotopic (exact) mass is 345 g/mol. The molecule has 1 aromatic carbocycles. The lowest BCUT2D eigenvalue weighted by Gasteiger charge is -2.18. The number of hydrogen-bond donors (Lipinski definition) is 2. The zero-order chi connectivity index (χ0) is 15.1. The van der Waals surface area contributed by atoms with Crippen molar-refractivity contribution in [1.82, 2.24) is 5.32 Å². The van der Waals surface area contributed by atoms with Crippen molar-refractivity contribution >= 4 is 21.8 Å². The van der Waals surface area contributed by atoms with Crippen LogP contribution in [-0.4, -0.2) is 37.9 Å². The maximum atomic E-state index is 12.3. The third kappa shape index (κ3) is 4.11. The number of nitrogens with one attached hydrogen (secondary N) is 1. The van der Waals surface area contributed by atoms with Crippen molar-refractivity contribution in [2.45, 2.75) is 25.8 Å². The predicted octanol–water partition coefficient (Wildman–Crippen LogP) is 2.36. The lowest BCUT2D eigenvalue weighted by molar-refractivity contribution is 0.0925. The van der Waals surface area contributed by atoms with Gasteiger partial charge in [0, 0.05) is 12.6 Å². The average Bonchev–Trinajstić information content (AvgIpc) is 2.45. The molecule has 1 amide bonds. The number of aliphatic hydroxyl groups is 1. The van der Waals surface area contributed by atoms with Gasteiger partial charge in [-0.1, -0.05) is 6.92 Å². The van der Waals surface area contributed by atoms with Gasteiger partial charge in [-0.15, -0.1) is 0 Å². The summed E-state index contributed by atoms with van der Waals surface area (Å²) in [5.74, 6) is 0.780. The van der Waals surface area contributed by atoms with Gasteiger partial charge in [-0.05, 0) is 40.9 Å². The van der Waals surface area contributed by atoms with Gasteiger partial charge in [0.25, 0.3) is 5.91 Å². The second kappa shape index (κ2) is 8.11. The number of aliphatic hydroxyl groups excluding tert-OH is 1. The first-order valence-electron chi connectivity index (χ1n) is 6.40. The van der Waals surface area contributed by atoms with Crippen LogP contribution in [0, 0.1) is 0 Å². The summed E-state index contributed by atoms with van der Waals surface area (Å²) in [5.41, 5.74) is 0.398. The minimum Gasteiger partial charge on any atom is -0.497 e. The van der Waals surface area contributed by atoms with Crippen molar-refractivity contribution in [2.24, 2.45) is 0 Å².